The maximum Gasteiger partial charge on any atom is 0.0541 e. The van der Waals surface area contributed by atoms with E-state index in [4.69, 9.17) is 0 Å². The van der Waals surface area contributed by atoms with E-state index in [0.29, 0.717) is 0 Å². The van der Waals surface area contributed by atoms with Crippen LogP contribution >= 0.6 is 0 Å². The Hall–Kier alpha value is -6.38. The lowest BCUT2D eigenvalue weighted by atomic mass is 10.0. The summed E-state index contributed by atoms with van der Waals surface area (Å²) in [6.45, 7) is 0. The summed E-state index contributed by atoms with van der Waals surface area (Å²) in [5, 5.41) is 5.04. The molecule has 0 aliphatic heterocycles. The van der Waals surface area contributed by atoms with Crippen LogP contribution in [0.15, 0.2) is 194 Å². The molecule has 8 aromatic carbocycles. The largest absolute Gasteiger partial charge is 0.310 e. The maximum absolute atomic E-state index is 2.37. The van der Waals surface area contributed by atoms with Crippen molar-refractivity contribution in [3.8, 4) is 27.9 Å². The lowest BCUT2D eigenvalue weighted by Crippen LogP contribution is -2.10. The van der Waals surface area contributed by atoms with Crippen LogP contribution in [0.25, 0.3) is 60.5 Å². The highest BCUT2D eigenvalue weighted by molar-refractivity contribution is 6.09. The van der Waals surface area contributed by atoms with Gasteiger partial charge in [-0.25, -0.2) is 0 Å². The van der Waals surface area contributed by atoms with Crippen molar-refractivity contribution >= 4 is 49.6 Å². The minimum absolute atomic E-state index is 1.10. The summed E-state index contributed by atoms with van der Waals surface area (Å²) in [5.74, 6) is 0. The van der Waals surface area contributed by atoms with E-state index in [1.807, 2.05) is 0 Å². The predicted octanol–water partition coefficient (Wildman–Crippen LogP) is 12.7. The van der Waals surface area contributed by atoms with Gasteiger partial charge in [0.15, 0.2) is 0 Å². The molecule has 0 bridgehead atoms. The van der Waals surface area contributed by atoms with Crippen LogP contribution in [-0.4, -0.2) is 4.57 Å². The van der Waals surface area contributed by atoms with Gasteiger partial charge in [-0.3, -0.25) is 0 Å². The molecular formula is C46H32N2. The van der Waals surface area contributed by atoms with Gasteiger partial charge < -0.3 is 9.47 Å². The SMILES string of the molecule is c1ccc(-c2cccc(N(c3ccc(-c4ccc5ccccc5c4)cc3)c3ccc(-n4c5ccccc5c5ccccc54)cc3)c2)cc1. The second-order valence-corrected chi connectivity index (χ2v) is 12.2. The van der Waals surface area contributed by atoms with Crippen LogP contribution in [0, 0.1) is 0 Å². The van der Waals surface area contributed by atoms with E-state index in [0.717, 1.165) is 22.7 Å². The lowest BCUT2D eigenvalue weighted by Gasteiger charge is -2.26. The normalized spacial score (nSPS) is 11.3. The Morgan fingerprint density at radius 3 is 1.54 bits per heavy atom. The number of rotatable bonds is 6. The molecule has 0 aliphatic rings. The Morgan fingerprint density at radius 2 is 0.833 bits per heavy atom. The lowest BCUT2D eigenvalue weighted by molar-refractivity contribution is 1.17. The molecule has 9 aromatic rings. The molecule has 0 spiro atoms. The molecule has 0 radical (unpaired) electrons. The molecule has 0 unspecified atom stereocenters. The van der Waals surface area contributed by atoms with Gasteiger partial charge >= 0.3 is 0 Å². The van der Waals surface area contributed by atoms with Gasteiger partial charge in [-0.15, -0.1) is 0 Å². The third-order valence-electron chi connectivity index (χ3n) is 9.37. The van der Waals surface area contributed by atoms with Crippen molar-refractivity contribution < 1.29 is 0 Å². The fourth-order valence-corrected chi connectivity index (χ4v) is 7.03. The summed E-state index contributed by atoms with van der Waals surface area (Å²) >= 11 is 0. The molecule has 0 aliphatic carbocycles. The minimum Gasteiger partial charge on any atom is -0.310 e. The number of hydrogen-bond acceptors (Lipinski definition) is 1. The quantitative estimate of drug-likeness (QED) is 0.181. The van der Waals surface area contributed by atoms with Gasteiger partial charge in [0.1, 0.15) is 0 Å². The topological polar surface area (TPSA) is 8.17 Å². The number of hydrogen-bond donors (Lipinski definition) is 0. The van der Waals surface area contributed by atoms with Gasteiger partial charge in [-0.1, -0.05) is 127 Å². The summed E-state index contributed by atoms with van der Waals surface area (Å²) in [7, 11) is 0. The van der Waals surface area contributed by atoms with Crippen LogP contribution < -0.4 is 4.90 Å². The molecule has 0 amide bonds. The average Bonchev–Trinajstić information content (AvgIpc) is 3.50. The summed E-state index contributed by atoms with van der Waals surface area (Å²) in [6, 6.07) is 69.9. The fraction of sp³-hybridized carbons (Fsp3) is 0. The number of para-hydroxylation sites is 2. The van der Waals surface area contributed by atoms with Crippen LogP contribution in [0.4, 0.5) is 17.1 Å². The average molecular weight is 613 g/mol. The summed E-state index contributed by atoms with van der Waals surface area (Å²) in [4.78, 5) is 2.35. The number of fused-ring (bicyclic) bond motifs is 4. The number of aromatic nitrogens is 1. The van der Waals surface area contributed by atoms with Gasteiger partial charge in [0, 0.05) is 33.5 Å². The summed E-state index contributed by atoms with van der Waals surface area (Å²) in [6.07, 6.45) is 0. The Bertz CT molecular complexity index is 2490. The Balaban J connectivity index is 1.15. The third-order valence-corrected chi connectivity index (χ3v) is 9.37. The molecule has 2 heteroatoms. The second-order valence-electron chi connectivity index (χ2n) is 12.2. The Morgan fingerprint density at radius 1 is 0.312 bits per heavy atom. The van der Waals surface area contributed by atoms with Crippen LogP contribution in [0.2, 0.25) is 0 Å². The minimum atomic E-state index is 1.10. The molecule has 0 N–H and O–H groups in total. The molecule has 48 heavy (non-hydrogen) atoms. The molecule has 226 valence electrons. The third kappa shape index (κ3) is 4.92. The van der Waals surface area contributed by atoms with Crippen LogP contribution in [0.3, 0.4) is 0 Å². The highest BCUT2D eigenvalue weighted by Gasteiger charge is 2.16. The second kappa shape index (κ2) is 11.8. The van der Waals surface area contributed by atoms with Gasteiger partial charge in [0.2, 0.25) is 0 Å². The first-order valence-electron chi connectivity index (χ1n) is 16.4. The van der Waals surface area contributed by atoms with Crippen molar-refractivity contribution in [1.29, 1.82) is 0 Å². The van der Waals surface area contributed by atoms with E-state index in [1.165, 1.54) is 54.8 Å². The van der Waals surface area contributed by atoms with E-state index < -0.39 is 0 Å². The Labute approximate surface area is 280 Å². The fourth-order valence-electron chi connectivity index (χ4n) is 7.03. The smallest absolute Gasteiger partial charge is 0.0541 e. The van der Waals surface area contributed by atoms with E-state index in [-0.39, 0.29) is 0 Å². The van der Waals surface area contributed by atoms with Gasteiger partial charge in [0.05, 0.1) is 11.0 Å². The van der Waals surface area contributed by atoms with E-state index >= 15 is 0 Å². The first-order chi connectivity index (χ1) is 23.8. The predicted molar refractivity (Wildman–Crippen MR) is 204 cm³/mol. The number of benzene rings is 8. The molecule has 0 atom stereocenters. The zero-order valence-corrected chi connectivity index (χ0v) is 26.4. The van der Waals surface area contributed by atoms with E-state index in [1.54, 1.807) is 0 Å². The molecule has 2 nitrogen and oxygen atoms in total. The van der Waals surface area contributed by atoms with Crippen molar-refractivity contribution in [2.45, 2.75) is 0 Å². The first kappa shape index (κ1) is 27.9. The summed E-state index contributed by atoms with van der Waals surface area (Å²) < 4.78 is 2.37. The summed E-state index contributed by atoms with van der Waals surface area (Å²) in [5.41, 5.74) is 11.7. The van der Waals surface area contributed by atoms with Crippen molar-refractivity contribution in [3.05, 3.63) is 194 Å². The van der Waals surface area contributed by atoms with E-state index in [2.05, 4.69) is 204 Å². The standard InChI is InChI=1S/C46H32N2/c1-2-11-33(12-3-1)37-15-10-16-42(32-37)47(39-25-23-35(24-26-39)38-22-21-34-13-4-5-14-36(34)31-38)40-27-29-41(30-28-40)48-45-19-8-6-17-43(45)44-18-7-9-20-46(44)48/h1-32H. The maximum atomic E-state index is 2.37. The number of nitrogens with zero attached hydrogens (tertiary/aromatic N) is 2. The monoisotopic (exact) mass is 612 g/mol. The van der Waals surface area contributed by atoms with Crippen molar-refractivity contribution in [2.24, 2.45) is 0 Å². The Kier molecular flexibility index (Phi) is 6.84. The van der Waals surface area contributed by atoms with Gasteiger partial charge in [-0.05, 0) is 99.8 Å². The zero-order valence-electron chi connectivity index (χ0n) is 26.4. The van der Waals surface area contributed by atoms with Gasteiger partial charge in [0.25, 0.3) is 0 Å². The van der Waals surface area contributed by atoms with Crippen LogP contribution in [0.1, 0.15) is 0 Å². The molecule has 0 fully saturated rings. The highest BCUT2D eigenvalue weighted by atomic mass is 15.1. The molecule has 0 saturated heterocycles. The van der Waals surface area contributed by atoms with Crippen molar-refractivity contribution in [1.82, 2.24) is 4.57 Å². The van der Waals surface area contributed by atoms with Crippen molar-refractivity contribution in [2.75, 3.05) is 4.90 Å². The molecular weight excluding hydrogens is 581 g/mol. The molecule has 1 heterocycles. The van der Waals surface area contributed by atoms with Crippen molar-refractivity contribution in [3.63, 3.8) is 0 Å². The van der Waals surface area contributed by atoms with Crippen LogP contribution in [-0.2, 0) is 0 Å². The zero-order chi connectivity index (χ0) is 31.9. The van der Waals surface area contributed by atoms with E-state index in [9.17, 15) is 0 Å². The number of anilines is 3. The highest BCUT2D eigenvalue weighted by Crippen LogP contribution is 2.39. The molecule has 0 saturated carbocycles. The first-order valence-corrected chi connectivity index (χ1v) is 16.4. The molecule has 1 aromatic heterocycles. The van der Waals surface area contributed by atoms with Gasteiger partial charge in [-0.2, -0.15) is 0 Å². The molecule has 9 rings (SSSR count). The van der Waals surface area contributed by atoms with Crippen LogP contribution in [0.5, 0.6) is 0 Å².